The highest BCUT2D eigenvalue weighted by molar-refractivity contribution is 5.32. The smallest absolute Gasteiger partial charge is 0.0302 e. The van der Waals surface area contributed by atoms with Gasteiger partial charge < -0.3 is 5.32 Å². The molecule has 2 heteroatoms. The van der Waals surface area contributed by atoms with Crippen LogP contribution in [0.3, 0.4) is 0 Å². The van der Waals surface area contributed by atoms with Gasteiger partial charge in [-0.3, -0.25) is 4.98 Å². The molecule has 2 aliphatic rings. The Balaban J connectivity index is 1.96. The van der Waals surface area contributed by atoms with Gasteiger partial charge >= 0.3 is 0 Å². The molecule has 1 saturated heterocycles. The van der Waals surface area contributed by atoms with Crippen LogP contribution in [0.1, 0.15) is 17.5 Å². The average molecular weight is 174 g/mol. The highest BCUT2D eigenvalue weighted by atomic mass is 14.9. The van der Waals surface area contributed by atoms with Gasteiger partial charge in [-0.1, -0.05) is 0 Å². The van der Waals surface area contributed by atoms with Crippen molar-refractivity contribution in [2.24, 2.45) is 5.41 Å². The lowest BCUT2D eigenvalue weighted by atomic mass is 9.84. The second-order valence-corrected chi connectivity index (χ2v) is 4.42. The molecule has 1 aromatic heterocycles. The van der Waals surface area contributed by atoms with E-state index in [0.717, 1.165) is 0 Å². The van der Waals surface area contributed by atoms with Crippen LogP contribution in [0.4, 0.5) is 0 Å². The Labute approximate surface area is 78.4 Å². The molecule has 0 aromatic carbocycles. The Morgan fingerprint density at radius 1 is 1.31 bits per heavy atom. The summed E-state index contributed by atoms with van der Waals surface area (Å²) in [5.41, 5.74) is 3.55. The van der Waals surface area contributed by atoms with Crippen molar-refractivity contribution in [1.29, 1.82) is 0 Å². The maximum Gasteiger partial charge on any atom is 0.0302 e. The zero-order valence-electron chi connectivity index (χ0n) is 7.71. The van der Waals surface area contributed by atoms with E-state index in [1.807, 2.05) is 12.4 Å². The summed E-state index contributed by atoms with van der Waals surface area (Å²) in [6.07, 6.45) is 7.80. The maximum atomic E-state index is 4.19. The van der Waals surface area contributed by atoms with E-state index >= 15 is 0 Å². The molecule has 1 aromatic rings. The van der Waals surface area contributed by atoms with Crippen molar-refractivity contribution in [3.05, 3.63) is 29.6 Å². The third kappa shape index (κ3) is 1.09. The quantitative estimate of drug-likeness (QED) is 0.638. The van der Waals surface area contributed by atoms with Gasteiger partial charge in [0.1, 0.15) is 0 Å². The molecule has 1 aliphatic heterocycles. The molecule has 1 unspecified atom stereocenters. The molecular formula is C11H14N2. The van der Waals surface area contributed by atoms with Crippen LogP contribution in [-0.4, -0.2) is 18.1 Å². The van der Waals surface area contributed by atoms with Crippen molar-refractivity contribution in [2.45, 2.75) is 19.3 Å². The maximum absolute atomic E-state index is 4.19. The molecule has 3 rings (SSSR count). The minimum atomic E-state index is 0.547. The van der Waals surface area contributed by atoms with Crippen molar-refractivity contribution in [2.75, 3.05) is 13.1 Å². The Morgan fingerprint density at radius 2 is 2.23 bits per heavy atom. The van der Waals surface area contributed by atoms with Gasteiger partial charge in [0.2, 0.25) is 0 Å². The number of hydrogen-bond donors (Lipinski definition) is 1. The number of rotatable bonds is 0. The van der Waals surface area contributed by atoms with E-state index in [1.165, 1.54) is 43.5 Å². The topological polar surface area (TPSA) is 24.9 Å². The summed E-state index contributed by atoms with van der Waals surface area (Å²) in [4.78, 5) is 4.19. The highest BCUT2D eigenvalue weighted by Crippen LogP contribution is 2.40. The Bertz CT molecular complexity index is 300. The first kappa shape index (κ1) is 7.51. The van der Waals surface area contributed by atoms with Gasteiger partial charge in [-0.25, -0.2) is 0 Å². The third-order valence-corrected chi connectivity index (χ3v) is 3.47. The predicted molar refractivity (Wildman–Crippen MR) is 51.6 cm³/mol. The largest absolute Gasteiger partial charge is 0.316 e. The Morgan fingerprint density at radius 3 is 3.00 bits per heavy atom. The van der Waals surface area contributed by atoms with Crippen molar-refractivity contribution < 1.29 is 0 Å². The first-order valence-electron chi connectivity index (χ1n) is 5.01. The summed E-state index contributed by atoms with van der Waals surface area (Å²) < 4.78 is 0. The molecule has 0 radical (unpaired) electrons. The molecule has 0 bridgehead atoms. The van der Waals surface area contributed by atoms with Crippen LogP contribution in [0.2, 0.25) is 0 Å². The lowest BCUT2D eigenvalue weighted by molar-refractivity contribution is 0.345. The van der Waals surface area contributed by atoms with Gasteiger partial charge in [0.25, 0.3) is 0 Å². The summed E-state index contributed by atoms with van der Waals surface area (Å²) in [5, 5.41) is 3.47. The summed E-state index contributed by atoms with van der Waals surface area (Å²) in [6.45, 7) is 2.39. The number of nitrogens with zero attached hydrogens (tertiary/aromatic N) is 1. The van der Waals surface area contributed by atoms with Crippen LogP contribution in [0.15, 0.2) is 18.5 Å². The molecule has 1 N–H and O–H groups in total. The minimum absolute atomic E-state index is 0.547. The number of fused-ring (bicyclic) bond motifs is 1. The van der Waals surface area contributed by atoms with Crippen molar-refractivity contribution in [3.8, 4) is 0 Å². The van der Waals surface area contributed by atoms with E-state index in [4.69, 9.17) is 0 Å². The van der Waals surface area contributed by atoms with Crippen LogP contribution >= 0.6 is 0 Å². The second kappa shape index (κ2) is 2.55. The number of nitrogens with one attached hydrogen (secondary N) is 1. The lowest BCUT2D eigenvalue weighted by Gasteiger charge is -2.20. The molecule has 68 valence electrons. The van der Waals surface area contributed by atoms with Gasteiger partial charge in [0.15, 0.2) is 0 Å². The molecule has 13 heavy (non-hydrogen) atoms. The number of pyridine rings is 1. The summed E-state index contributed by atoms with van der Waals surface area (Å²) >= 11 is 0. The minimum Gasteiger partial charge on any atom is -0.316 e. The predicted octanol–water partition coefficient (Wildman–Crippen LogP) is 1.16. The van der Waals surface area contributed by atoms with Gasteiger partial charge in [-0.05, 0) is 48.4 Å². The fourth-order valence-electron chi connectivity index (χ4n) is 2.76. The molecule has 1 spiro atoms. The van der Waals surface area contributed by atoms with Crippen molar-refractivity contribution in [3.63, 3.8) is 0 Å². The molecule has 2 heterocycles. The van der Waals surface area contributed by atoms with Crippen LogP contribution in [-0.2, 0) is 12.8 Å². The third-order valence-electron chi connectivity index (χ3n) is 3.47. The standard InChI is InChI=1S/C11H14N2/c1-3-12-7-10-6-11(5-9(1)10)2-4-13-8-11/h1,3,7,13H,2,4-6,8H2. The van der Waals surface area contributed by atoms with Crippen molar-refractivity contribution >= 4 is 0 Å². The van der Waals surface area contributed by atoms with Gasteiger partial charge in [0, 0.05) is 18.9 Å². The lowest BCUT2D eigenvalue weighted by Crippen LogP contribution is -2.24. The molecule has 1 fully saturated rings. The summed E-state index contributed by atoms with van der Waals surface area (Å²) in [5.74, 6) is 0. The second-order valence-electron chi connectivity index (χ2n) is 4.42. The summed E-state index contributed by atoms with van der Waals surface area (Å²) in [7, 11) is 0. The molecular weight excluding hydrogens is 160 g/mol. The normalized spacial score (nSPS) is 31.1. The van der Waals surface area contributed by atoms with Crippen LogP contribution < -0.4 is 5.32 Å². The average Bonchev–Trinajstić information content (AvgIpc) is 2.72. The van der Waals surface area contributed by atoms with Gasteiger partial charge in [0.05, 0.1) is 0 Å². The number of aromatic nitrogens is 1. The first-order chi connectivity index (χ1) is 6.38. The zero-order chi connectivity index (χ0) is 8.73. The summed E-state index contributed by atoms with van der Waals surface area (Å²) in [6, 6.07) is 2.18. The molecule has 1 aliphatic carbocycles. The fourth-order valence-corrected chi connectivity index (χ4v) is 2.76. The first-order valence-corrected chi connectivity index (χ1v) is 5.01. The van der Waals surface area contributed by atoms with Crippen LogP contribution in [0.25, 0.3) is 0 Å². The van der Waals surface area contributed by atoms with Gasteiger partial charge in [-0.2, -0.15) is 0 Å². The van der Waals surface area contributed by atoms with Gasteiger partial charge in [-0.15, -0.1) is 0 Å². The van der Waals surface area contributed by atoms with Crippen LogP contribution in [0.5, 0.6) is 0 Å². The molecule has 1 atom stereocenters. The molecule has 2 nitrogen and oxygen atoms in total. The fraction of sp³-hybridized carbons (Fsp3) is 0.545. The molecule has 0 amide bonds. The monoisotopic (exact) mass is 174 g/mol. The van der Waals surface area contributed by atoms with E-state index in [1.54, 1.807) is 0 Å². The molecule has 0 saturated carbocycles. The van der Waals surface area contributed by atoms with Crippen LogP contribution in [0, 0.1) is 5.41 Å². The van der Waals surface area contributed by atoms with E-state index < -0.39 is 0 Å². The zero-order valence-corrected chi connectivity index (χ0v) is 7.71. The highest BCUT2D eigenvalue weighted by Gasteiger charge is 2.39. The SMILES string of the molecule is c1cc2c(cn1)CC1(CCNC1)C2. The Hall–Kier alpha value is -0.890. The number of hydrogen-bond acceptors (Lipinski definition) is 2. The van der Waals surface area contributed by atoms with E-state index in [-0.39, 0.29) is 0 Å². The van der Waals surface area contributed by atoms with E-state index in [0.29, 0.717) is 5.41 Å². The van der Waals surface area contributed by atoms with Crippen molar-refractivity contribution in [1.82, 2.24) is 10.3 Å². The Kier molecular flexibility index (Phi) is 1.47. The van der Waals surface area contributed by atoms with E-state index in [2.05, 4.69) is 16.4 Å². The van der Waals surface area contributed by atoms with E-state index in [9.17, 15) is 0 Å².